The van der Waals surface area contributed by atoms with Crippen molar-refractivity contribution in [3.05, 3.63) is 12.7 Å². The maximum atomic E-state index is 11.3. The van der Waals surface area contributed by atoms with E-state index in [0.29, 0.717) is 6.08 Å². The first kappa shape index (κ1) is 22.3. The quantitative estimate of drug-likeness (QED) is 0.174. The van der Waals surface area contributed by atoms with Crippen molar-refractivity contribution in [2.75, 3.05) is 6.54 Å². The van der Waals surface area contributed by atoms with Gasteiger partial charge in [-0.3, -0.25) is 23.2 Å². The lowest BCUT2D eigenvalue weighted by Crippen LogP contribution is -2.43. The molecule has 0 rings (SSSR count). The minimum atomic E-state index is -5.75. The van der Waals surface area contributed by atoms with Crippen molar-refractivity contribution < 1.29 is 57.4 Å². The van der Waals surface area contributed by atoms with E-state index in [1.807, 2.05) is 0 Å². The summed E-state index contributed by atoms with van der Waals surface area (Å²) in [6, 6.07) is 0. The van der Waals surface area contributed by atoms with Gasteiger partial charge in [0.25, 0.3) is 0 Å². The summed E-state index contributed by atoms with van der Waals surface area (Å²) in [4.78, 5) is 71.9. The predicted octanol–water partition coefficient (Wildman–Crippen LogP) is -1.25. The SMILES string of the molecule is C=CCN(C(P(=O)(O)O)P(=O)(O)O)C(P(=O)(O)O)P(=O)(O)O. The molecule has 0 unspecified atom stereocenters. The Morgan fingerprint density at radius 3 is 1.09 bits per heavy atom. The van der Waals surface area contributed by atoms with Crippen molar-refractivity contribution in [2.24, 2.45) is 0 Å². The Hall–Kier alpha value is 0.300. The summed E-state index contributed by atoms with van der Waals surface area (Å²) in [5, 5.41) is 0. The minimum absolute atomic E-state index is 0.323. The van der Waals surface area contributed by atoms with Crippen LogP contribution in [0.1, 0.15) is 0 Å². The summed E-state index contributed by atoms with van der Waals surface area (Å²) in [6.45, 7) is 2.01. The van der Waals surface area contributed by atoms with Crippen LogP contribution in [-0.4, -0.2) is 61.6 Å². The van der Waals surface area contributed by atoms with Gasteiger partial charge in [-0.05, 0) is 0 Å². The van der Waals surface area contributed by atoms with Gasteiger partial charge in [-0.15, -0.1) is 6.58 Å². The summed E-state index contributed by atoms with van der Waals surface area (Å²) in [5.41, 5.74) is -6.33. The van der Waals surface area contributed by atoms with Gasteiger partial charge in [0.2, 0.25) is 11.0 Å². The van der Waals surface area contributed by atoms with Crippen molar-refractivity contribution in [3.8, 4) is 0 Å². The Morgan fingerprint density at radius 2 is 0.955 bits per heavy atom. The number of rotatable bonds is 8. The van der Waals surface area contributed by atoms with Gasteiger partial charge in [0, 0.05) is 6.54 Å². The Balaban J connectivity index is 6.45. The summed E-state index contributed by atoms with van der Waals surface area (Å²) in [7, 11) is -23.0. The molecule has 0 aromatic carbocycles. The summed E-state index contributed by atoms with van der Waals surface area (Å²) in [6.07, 6.45) is 0.705. The molecule has 8 N–H and O–H groups in total. The van der Waals surface area contributed by atoms with Gasteiger partial charge in [-0.1, -0.05) is 6.08 Å². The van der Waals surface area contributed by atoms with E-state index >= 15 is 0 Å². The normalized spacial score (nSPS) is 14.9. The van der Waals surface area contributed by atoms with Crippen LogP contribution in [0.2, 0.25) is 0 Å². The molecular formula is C5H15NO12P4. The Bertz CT molecular complexity index is 501. The third-order valence-corrected chi connectivity index (χ3v) is 9.34. The second-order valence-electron chi connectivity index (χ2n) is 4.03. The first-order chi connectivity index (χ1) is 9.44. The van der Waals surface area contributed by atoms with Gasteiger partial charge in [0.1, 0.15) is 0 Å². The second kappa shape index (κ2) is 7.04. The zero-order valence-corrected chi connectivity index (χ0v) is 14.2. The first-order valence-electron chi connectivity index (χ1n) is 5.01. The molecule has 0 aliphatic rings. The van der Waals surface area contributed by atoms with Crippen LogP contribution in [0.4, 0.5) is 0 Å². The minimum Gasteiger partial charge on any atom is -0.323 e. The molecule has 0 aliphatic carbocycles. The molecule has 0 saturated carbocycles. The molecule has 0 bridgehead atoms. The van der Waals surface area contributed by atoms with Crippen LogP contribution in [0.25, 0.3) is 0 Å². The summed E-state index contributed by atoms with van der Waals surface area (Å²) in [5.74, 6) is 0. The van der Waals surface area contributed by atoms with E-state index in [1.54, 1.807) is 0 Å². The molecule has 17 heteroatoms. The van der Waals surface area contributed by atoms with Crippen molar-refractivity contribution >= 4 is 30.4 Å². The molecule has 0 spiro atoms. The largest absolute Gasteiger partial charge is 0.355 e. The number of hydrogen-bond acceptors (Lipinski definition) is 5. The van der Waals surface area contributed by atoms with Crippen LogP contribution >= 0.6 is 30.4 Å². The predicted molar refractivity (Wildman–Crippen MR) is 72.7 cm³/mol. The highest BCUT2D eigenvalue weighted by atomic mass is 31.2. The van der Waals surface area contributed by atoms with Crippen LogP contribution in [0.3, 0.4) is 0 Å². The Morgan fingerprint density at radius 1 is 0.727 bits per heavy atom. The van der Waals surface area contributed by atoms with Crippen molar-refractivity contribution in [2.45, 2.75) is 11.0 Å². The third kappa shape index (κ3) is 6.07. The van der Waals surface area contributed by atoms with E-state index in [1.165, 1.54) is 0 Å². The summed E-state index contributed by atoms with van der Waals surface area (Å²) < 4.78 is 45.1. The van der Waals surface area contributed by atoms with Gasteiger partial charge in [0.15, 0.2) is 0 Å². The van der Waals surface area contributed by atoms with Gasteiger partial charge < -0.3 is 39.1 Å². The van der Waals surface area contributed by atoms with Gasteiger partial charge in [-0.25, -0.2) is 0 Å². The smallest absolute Gasteiger partial charge is 0.323 e. The monoisotopic (exact) mass is 405 g/mol. The fourth-order valence-corrected chi connectivity index (χ4v) is 7.63. The standard InChI is InChI=1S/C5H15NO12P4/c1-2-3-6(4(19(7,8)9)20(10,11)12)5(21(13,14)15)22(16,17)18/h2,4-5H,1,3H2,(H2,7,8,9)(H2,10,11,12)(H2,13,14,15)(H2,16,17,18). The third-order valence-electron chi connectivity index (χ3n) is 2.14. The van der Waals surface area contributed by atoms with Crippen molar-refractivity contribution in [3.63, 3.8) is 0 Å². The molecule has 13 nitrogen and oxygen atoms in total. The molecule has 0 aromatic rings. The maximum absolute atomic E-state index is 11.3. The van der Waals surface area contributed by atoms with Crippen molar-refractivity contribution in [1.29, 1.82) is 0 Å². The average Bonchev–Trinajstić information content (AvgIpc) is 2.06. The van der Waals surface area contributed by atoms with Crippen LogP contribution in [0.15, 0.2) is 12.7 Å². The lowest BCUT2D eigenvalue weighted by molar-refractivity contribution is 0.214. The van der Waals surface area contributed by atoms with Crippen LogP contribution < -0.4 is 0 Å². The second-order valence-corrected chi connectivity index (χ2v) is 11.5. The zero-order chi connectivity index (χ0) is 18.1. The fraction of sp³-hybridized carbons (Fsp3) is 0.600. The zero-order valence-electron chi connectivity index (χ0n) is 10.6. The lowest BCUT2D eigenvalue weighted by Gasteiger charge is -2.37. The Labute approximate surface area is 123 Å². The molecule has 132 valence electrons. The van der Waals surface area contributed by atoms with Gasteiger partial charge in [-0.2, -0.15) is 0 Å². The molecule has 0 aliphatic heterocycles. The Kier molecular flexibility index (Phi) is 7.14. The van der Waals surface area contributed by atoms with Crippen LogP contribution in [0, 0.1) is 0 Å². The first-order valence-corrected chi connectivity index (χ1v) is 11.7. The molecule has 0 fully saturated rings. The van der Waals surface area contributed by atoms with E-state index in [2.05, 4.69) is 6.58 Å². The fourth-order valence-electron chi connectivity index (χ4n) is 1.62. The molecular weight excluding hydrogens is 390 g/mol. The molecule has 22 heavy (non-hydrogen) atoms. The molecule has 0 radical (unpaired) electrons. The number of nitrogens with zero attached hydrogens (tertiary/aromatic N) is 1. The molecule has 0 aromatic heterocycles. The van der Waals surface area contributed by atoms with Crippen LogP contribution in [0.5, 0.6) is 0 Å². The van der Waals surface area contributed by atoms with Gasteiger partial charge >= 0.3 is 30.4 Å². The highest BCUT2D eigenvalue weighted by Gasteiger charge is 2.57. The van der Waals surface area contributed by atoms with E-state index in [4.69, 9.17) is 39.1 Å². The number of hydrogen-bond donors (Lipinski definition) is 8. The topological polar surface area (TPSA) is 233 Å². The molecule has 0 atom stereocenters. The highest BCUT2D eigenvalue weighted by Crippen LogP contribution is 2.68. The van der Waals surface area contributed by atoms with Crippen LogP contribution in [-0.2, 0) is 18.3 Å². The maximum Gasteiger partial charge on any atom is 0.355 e. The highest BCUT2D eigenvalue weighted by molar-refractivity contribution is 7.72. The van der Waals surface area contributed by atoms with E-state index in [0.717, 1.165) is 0 Å². The average molecular weight is 405 g/mol. The molecule has 0 amide bonds. The van der Waals surface area contributed by atoms with E-state index in [9.17, 15) is 18.3 Å². The molecule has 0 saturated heterocycles. The summed E-state index contributed by atoms with van der Waals surface area (Å²) >= 11 is 0. The van der Waals surface area contributed by atoms with E-state index < -0.39 is 48.0 Å². The van der Waals surface area contributed by atoms with Crippen molar-refractivity contribution in [1.82, 2.24) is 4.90 Å². The van der Waals surface area contributed by atoms with Gasteiger partial charge in [0.05, 0.1) is 0 Å². The lowest BCUT2D eigenvalue weighted by atomic mass is 10.6. The molecule has 0 heterocycles. The van der Waals surface area contributed by atoms with E-state index in [-0.39, 0.29) is 4.90 Å².